The Labute approximate surface area is 194 Å². The Morgan fingerprint density at radius 2 is 1.47 bits per heavy atom. The first-order chi connectivity index (χ1) is 15.2. The fourth-order valence-electron chi connectivity index (χ4n) is 5.04. The summed E-state index contributed by atoms with van der Waals surface area (Å²) in [4.78, 5) is 0.407. The minimum Gasteiger partial charge on any atom is -0.207 e. The highest BCUT2D eigenvalue weighted by molar-refractivity contribution is 7.89. The lowest BCUT2D eigenvalue weighted by Gasteiger charge is -2.31. The summed E-state index contributed by atoms with van der Waals surface area (Å²) in [5.41, 5.74) is 3.66. The smallest absolute Gasteiger partial charge is 0.207 e. The molecule has 0 radical (unpaired) electrons. The van der Waals surface area contributed by atoms with Gasteiger partial charge in [0.15, 0.2) is 0 Å². The molecule has 32 heavy (non-hydrogen) atoms. The molecule has 3 aromatic carbocycles. The Morgan fingerprint density at radius 3 is 2.09 bits per heavy atom. The van der Waals surface area contributed by atoms with E-state index in [9.17, 15) is 8.42 Å². The lowest BCUT2D eigenvalue weighted by atomic mass is 9.97. The molecule has 1 aliphatic heterocycles. The van der Waals surface area contributed by atoms with Crippen molar-refractivity contribution in [3.8, 4) is 0 Å². The Bertz CT molecular complexity index is 1130. The Hall–Kier alpha value is -2.21. The highest BCUT2D eigenvalue weighted by atomic mass is 32.2. The maximum Gasteiger partial charge on any atom is 0.243 e. The predicted octanol–water partition coefficient (Wildman–Crippen LogP) is 6.03. The Morgan fingerprint density at radius 1 is 0.875 bits per heavy atom. The normalized spacial score (nSPS) is 19.8. The Kier molecular flexibility index (Phi) is 6.70. The van der Waals surface area contributed by atoms with Crippen molar-refractivity contribution in [1.82, 2.24) is 4.31 Å². The average Bonchev–Trinajstić information content (AvgIpc) is 3.19. The zero-order valence-corrected chi connectivity index (χ0v) is 21.1. The predicted molar refractivity (Wildman–Crippen MR) is 135 cm³/mol. The fraction of sp³-hybridized carbons (Fsp3) is 0.333. The second kappa shape index (κ2) is 9.34. The zero-order valence-electron chi connectivity index (χ0n) is 19.2. The number of rotatable bonds is 7. The van der Waals surface area contributed by atoms with Crippen LogP contribution in [0.2, 0.25) is 19.1 Å². The molecule has 2 atom stereocenters. The van der Waals surface area contributed by atoms with Crippen molar-refractivity contribution < 1.29 is 8.42 Å². The summed E-state index contributed by atoms with van der Waals surface area (Å²) in [6.07, 6.45) is 0.889. The lowest BCUT2D eigenvalue weighted by molar-refractivity contribution is 0.404. The van der Waals surface area contributed by atoms with Gasteiger partial charge >= 0.3 is 0 Å². The molecule has 1 aliphatic rings. The molecule has 0 N–H and O–H groups in total. The van der Waals surface area contributed by atoms with Crippen LogP contribution in [0.3, 0.4) is 0 Å². The molecule has 1 saturated heterocycles. The first kappa shape index (κ1) is 23.0. The summed E-state index contributed by atoms with van der Waals surface area (Å²) in [5, 5.41) is 0. The summed E-state index contributed by atoms with van der Waals surface area (Å²) in [6.45, 7) is 7.33. The van der Waals surface area contributed by atoms with E-state index in [1.54, 1.807) is 12.1 Å². The van der Waals surface area contributed by atoms with Gasteiger partial charge in [-0.1, -0.05) is 97.0 Å². The van der Waals surface area contributed by atoms with Crippen molar-refractivity contribution in [1.29, 1.82) is 0 Å². The van der Waals surface area contributed by atoms with Gasteiger partial charge in [-0.05, 0) is 49.0 Å². The number of benzene rings is 3. The van der Waals surface area contributed by atoms with Gasteiger partial charge in [0.25, 0.3) is 0 Å². The van der Waals surface area contributed by atoms with Crippen LogP contribution >= 0.6 is 0 Å². The van der Waals surface area contributed by atoms with Crippen molar-refractivity contribution in [2.75, 3.05) is 6.54 Å². The highest BCUT2D eigenvalue weighted by Crippen LogP contribution is 2.39. The summed E-state index contributed by atoms with van der Waals surface area (Å²) in [7, 11) is -5.21. The van der Waals surface area contributed by atoms with Crippen molar-refractivity contribution in [2.45, 2.75) is 55.4 Å². The number of aryl methyl sites for hydroxylation is 1. The van der Waals surface area contributed by atoms with Gasteiger partial charge in [0, 0.05) is 12.6 Å². The highest BCUT2D eigenvalue weighted by Gasteiger charge is 2.43. The van der Waals surface area contributed by atoms with Gasteiger partial charge in [0.05, 0.1) is 13.0 Å². The van der Waals surface area contributed by atoms with Gasteiger partial charge < -0.3 is 0 Å². The second-order valence-electron chi connectivity index (χ2n) is 9.92. The molecule has 3 nitrogen and oxygen atoms in total. The van der Waals surface area contributed by atoms with Crippen molar-refractivity contribution in [3.63, 3.8) is 0 Å². The van der Waals surface area contributed by atoms with Gasteiger partial charge in [-0.15, -0.1) is 0 Å². The standard InChI is InChI=1S/C27H33NO2SSi/c1-22-14-16-27(17-15-22)31(29,30)28-19-25(24-12-8-5-9-13-24)18-26(28)21-32(2,3)20-23-10-6-4-7-11-23/h4-17,25-26H,18-21H2,1-3H3/t25-,26+/m1/s1. The second-order valence-corrected chi connectivity index (χ2v) is 16.9. The summed E-state index contributed by atoms with van der Waals surface area (Å²) < 4.78 is 29.3. The van der Waals surface area contributed by atoms with Crippen LogP contribution in [0.5, 0.6) is 0 Å². The summed E-state index contributed by atoms with van der Waals surface area (Å²) in [6, 6.07) is 30.4. The number of nitrogens with zero attached hydrogens (tertiary/aromatic N) is 1. The van der Waals surface area contributed by atoms with E-state index in [2.05, 4.69) is 67.7 Å². The van der Waals surface area contributed by atoms with Gasteiger partial charge in [-0.3, -0.25) is 0 Å². The van der Waals surface area contributed by atoms with E-state index in [1.165, 1.54) is 11.1 Å². The van der Waals surface area contributed by atoms with Crippen LogP contribution in [0, 0.1) is 6.92 Å². The lowest BCUT2D eigenvalue weighted by Crippen LogP contribution is -2.42. The SMILES string of the molecule is Cc1ccc(S(=O)(=O)N2C[C@H](c3ccccc3)C[C@H]2C[Si](C)(C)Cc2ccccc2)cc1. The van der Waals surface area contributed by atoms with Crippen LogP contribution in [0.1, 0.15) is 29.0 Å². The molecule has 0 aliphatic carbocycles. The molecule has 1 heterocycles. The molecule has 5 heteroatoms. The van der Waals surface area contributed by atoms with E-state index in [0.29, 0.717) is 11.4 Å². The Balaban J connectivity index is 1.63. The number of sulfonamides is 1. The van der Waals surface area contributed by atoms with Crippen LogP contribution in [0.25, 0.3) is 0 Å². The van der Waals surface area contributed by atoms with E-state index >= 15 is 0 Å². The van der Waals surface area contributed by atoms with Gasteiger partial charge in [0.1, 0.15) is 0 Å². The largest absolute Gasteiger partial charge is 0.243 e. The van der Waals surface area contributed by atoms with E-state index in [-0.39, 0.29) is 12.0 Å². The monoisotopic (exact) mass is 463 g/mol. The van der Waals surface area contributed by atoms with Crippen molar-refractivity contribution >= 4 is 18.1 Å². The van der Waals surface area contributed by atoms with Crippen molar-refractivity contribution in [3.05, 3.63) is 102 Å². The third-order valence-electron chi connectivity index (χ3n) is 6.58. The molecule has 0 unspecified atom stereocenters. The van der Waals surface area contributed by atoms with E-state index in [4.69, 9.17) is 0 Å². The summed E-state index contributed by atoms with van der Waals surface area (Å²) >= 11 is 0. The van der Waals surface area contributed by atoms with Crippen LogP contribution < -0.4 is 0 Å². The minimum absolute atomic E-state index is 0.0388. The molecule has 1 fully saturated rings. The van der Waals surface area contributed by atoms with Crippen molar-refractivity contribution in [2.24, 2.45) is 0 Å². The molecular formula is C27H33NO2SSi. The number of hydrogen-bond acceptors (Lipinski definition) is 2. The third-order valence-corrected chi connectivity index (χ3v) is 11.5. The molecule has 0 amide bonds. The molecular weight excluding hydrogens is 430 g/mol. The molecule has 3 aromatic rings. The third kappa shape index (κ3) is 5.22. The van der Waals surface area contributed by atoms with Gasteiger partial charge in [-0.25, -0.2) is 8.42 Å². The summed E-state index contributed by atoms with van der Waals surface area (Å²) in [5.74, 6) is 0.239. The maximum absolute atomic E-state index is 13.7. The average molecular weight is 464 g/mol. The van der Waals surface area contributed by atoms with Crippen LogP contribution in [-0.2, 0) is 16.1 Å². The minimum atomic E-state index is -3.54. The quantitative estimate of drug-likeness (QED) is 0.401. The zero-order chi connectivity index (χ0) is 22.8. The molecule has 0 bridgehead atoms. The topological polar surface area (TPSA) is 37.4 Å². The fourth-order valence-corrected chi connectivity index (χ4v) is 10.00. The first-order valence-electron chi connectivity index (χ1n) is 11.4. The molecule has 168 valence electrons. The first-order valence-corrected chi connectivity index (χ1v) is 16.3. The van der Waals surface area contributed by atoms with Crippen LogP contribution in [-0.4, -0.2) is 33.4 Å². The maximum atomic E-state index is 13.7. The molecule has 4 rings (SSSR count). The molecule has 0 saturated carbocycles. The van der Waals surface area contributed by atoms with Crippen LogP contribution in [0.15, 0.2) is 89.8 Å². The van der Waals surface area contributed by atoms with E-state index < -0.39 is 18.1 Å². The number of hydrogen-bond donors (Lipinski definition) is 0. The molecule has 0 spiro atoms. The van der Waals surface area contributed by atoms with Gasteiger partial charge in [0.2, 0.25) is 10.0 Å². The van der Waals surface area contributed by atoms with Gasteiger partial charge in [-0.2, -0.15) is 4.31 Å². The van der Waals surface area contributed by atoms with E-state index in [1.807, 2.05) is 29.4 Å². The molecule has 0 aromatic heterocycles. The van der Waals surface area contributed by atoms with Crippen LogP contribution in [0.4, 0.5) is 0 Å². The van der Waals surface area contributed by atoms with E-state index in [0.717, 1.165) is 24.1 Å².